The van der Waals surface area contributed by atoms with E-state index >= 15 is 0 Å². The van der Waals surface area contributed by atoms with Gasteiger partial charge < -0.3 is 10.1 Å². The van der Waals surface area contributed by atoms with Crippen molar-refractivity contribution in [1.29, 1.82) is 0 Å². The van der Waals surface area contributed by atoms with Crippen molar-refractivity contribution in [3.63, 3.8) is 0 Å². The van der Waals surface area contributed by atoms with E-state index in [4.69, 9.17) is 4.74 Å². The summed E-state index contributed by atoms with van der Waals surface area (Å²) in [6.07, 6.45) is 4.61. The van der Waals surface area contributed by atoms with Gasteiger partial charge in [-0.05, 0) is 31.5 Å². The summed E-state index contributed by atoms with van der Waals surface area (Å²) < 4.78 is 5.17. The van der Waals surface area contributed by atoms with Gasteiger partial charge in [0, 0.05) is 39.0 Å². The Balaban J connectivity index is 1.89. The smallest absolute Gasteiger partial charge is 0.0589 e. The zero-order valence-electron chi connectivity index (χ0n) is 11.4. The number of aromatic nitrogens is 1. The molecule has 4 heteroatoms. The van der Waals surface area contributed by atoms with Gasteiger partial charge in [0.05, 0.1) is 12.3 Å². The quantitative estimate of drug-likeness (QED) is 0.756. The van der Waals surface area contributed by atoms with Crippen LogP contribution in [-0.4, -0.2) is 43.2 Å². The predicted octanol–water partition coefficient (Wildman–Crippen LogP) is 1.41. The Labute approximate surface area is 109 Å². The molecule has 0 atom stereocenters. The molecule has 1 aliphatic rings. The standard InChI is InChI=1S/C14H23N3O/c1-15-9-12-3-4-13(16-10-12)11-17(7-8-18-2)14-5-6-14/h3-4,10,14-15H,5-9,11H2,1-2H3. The molecule has 1 heterocycles. The van der Waals surface area contributed by atoms with Crippen molar-refractivity contribution < 1.29 is 4.74 Å². The molecule has 0 amide bonds. The number of rotatable bonds is 8. The second-order valence-electron chi connectivity index (χ2n) is 4.88. The van der Waals surface area contributed by atoms with Crippen molar-refractivity contribution in [2.75, 3.05) is 27.3 Å². The molecule has 1 aromatic heterocycles. The lowest BCUT2D eigenvalue weighted by atomic mass is 10.2. The highest BCUT2D eigenvalue weighted by Crippen LogP contribution is 2.27. The molecule has 1 aliphatic carbocycles. The minimum atomic E-state index is 0.749. The molecule has 0 unspecified atom stereocenters. The van der Waals surface area contributed by atoms with Gasteiger partial charge in [0.2, 0.25) is 0 Å². The molecule has 2 rings (SSSR count). The van der Waals surface area contributed by atoms with E-state index < -0.39 is 0 Å². The first-order valence-corrected chi connectivity index (χ1v) is 6.65. The van der Waals surface area contributed by atoms with E-state index in [-0.39, 0.29) is 0 Å². The number of nitrogens with one attached hydrogen (secondary N) is 1. The van der Waals surface area contributed by atoms with E-state index in [1.165, 1.54) is 18.4 Å². The second kappa shape index (κ2) is 6.83. The third-order valence-electron chi connectivity index (χ3n) is 3.28. The molecular weight excluding hydrogens is 226 g/mol. The van der Waals surface area contributed by atoms with Crippen LogP contribution in [0.5, 0.6) is 0 Å². The predicted molar refractivity (Wildman–Crippen MR) is 72.3 cm³/mol. The van der Waals surface area contributed by atoms with E-state index in [0.717, 1.165) is 38.0 Å². The summed E-state index contributed by atoms with van der Waals surface area (Å²) in [4.78, 5) is 7.01. The summed E-state index contributed by atoms with van der Waals surface area (Å²) in [6, 6.07) is 5.04. The van der Waals surface area contributed by atoms with Crippen molar-refractivity contribution in [2.45, 2.75) is 32.0 Å². The molecule has 18 heavy (non-hydrogen) atoms. The molecule has 0 aliphatic heterocycles. The fraction of sp³-hybridized carbons (Fsp3) is 0.643. The van der Waals surface area contributed by atoms with E-state index in [1.807, 2.05) is 13.2 Å². The van der Waals surface area contributed by atoms with Crippen LogP contribution in [0.1, 0.15) is 24.1 Å². The summed E-state index contributed by atoms with van der Waals surface area (Å²) in [5, 5.41) is 3.13. The number of methoxy groups -OCH3 is 1. The highest BCUT2D eigenvalue weighted by atomic mass is 16.5. The second-order valence-corrected chi connectivity index (χ2v) is 4.88. The largest absolute Gasteiger partial charge is 0.383 e. The fourth-order valence-electron chi connectivity index (χ4n) is 2.10. The highest BCUT2D eigenvalue weighted by molar-refractivity contribution is 5.14. The lowest BCUT2D eigenvalue weighted by molar-refractivity contribution is 0.139. The van der Waals surface area contributed by atoms with Crippen LogP contribution in [0.4, 0.5) is 0 Å². The van der Waals surface area contributed by atoms with Gasteiger partial charge in [-0.2, -0.15) is 0 Å². The summed E-state index contributed by atoms with van der Waals surface area (Å²) in [7, 11) is 3.71. The van der Waals surface area contributed by atoms with Crippen LogP contribution in [0, 0.1) is 0 Å². The number of hydrogen-bond donors (Lipinski definition) is 1. The number of pyridine rings is 1. The van der Waals surface area contributed by atoms with Crippen molar-refractivity contribution in [3.8, 4) is 0 Å². The van der Waals surface area contributed by atoms with Crippen LogP contribution in [0.2, 0.25) is 0 Å². The van der Waals surface area contributed by atoms with E-state index in [9.17, 15) is 0 Å². The number of ether oxygens (including phenoxy) is 1. The highest BCUT2D eigenvalue weighted by Gasteiger charge is 2.28. The molecule has 0 radical (unpaired) electrons. The maximum absolute atomic E-state index is 5.17. The van der Waals surface area contributed by atoms with Crippen LogP contribution >= 0.6 is 0 Å². The van der Waals surface area contributed by atoms with Crippen molar-refractivity contribution in [2.24, 2.45) is 0 Å². The average Bonchev–Trinajstić information content (AvgIpc) is 3.21. The Morgan fingerprint density at radius 1 is 1.44 bits per heavy atom. The Morgan fingerprint density at radius 2 is 2.28 bits per heavy atom. The molecule has 4 nitrogen and oxygen atoms in total. The lowest BCUT2D eigenvalue weighted by Crippen LogP contribution is -2.29. The van der Waals surface area contributed by atoms with E-state index in [0.29, 0.717) is 0 Å². The monoisotopic (exact) mass is 249 g/mol. The molecule has 0 aromatic carbocycles. The molecule has 1 N–H and O–H groups in total. The van der Waals surface area contributed by atoms with Crippen LogP contribution in [0.25, 0.3) is 0 Å². The van der Waals surface area contributed by atoms with E-state index in [1.54, 1.807) is 7.11 Å². The molecule has 1 saturated carbocycles. The van der Waals surface area contributed by atoms with Crippen LogP contribution < -0.4 is 5.32 Å². The Morgan fingerprint density at radius 3 is 2.83 bits per heavy atom. The summed E-state index contributed by atoms with van der Waals surface area (Å²) in [6.45, 7) is 3.62. The van der Waals surface area contributed by atoms with Gasteiger partial charge in [0.15, 0.2) is 0 Å². The Kier molecular flexibility index (Phi) is 5.11. The maximum atomic E-state index is 5.17. The van der Waals surface area contributed by atoms with Gasteiger partial charge >= 0.3 is 0 Å². The number of nitrogens with zero attached hydrogens (tertiary/aromatic N) is 2. The molecule has 1 aromatic rings. The molecule has 1 fully saturated rings. The average molecular weight is 249 g/mol. The zero-order chi connectivity index (χ0) is 12.8. The summed E-state index contributed by atoms with van der Waals surface area (Å²) >= 11 is 0. The van der Waals surface area contributed by atoms with Crippen molar-refractivity contribution >= 4 is 0 Å². The normalized spacial score (nSPS) is 15.3. The first kappa shape index (κ1) is 13.5. The van der Waals surface area contributed by atoms with Gasteiger partial charge in [-0.25, -0.2) is 0 Å². The Bertz CT molecular complexity index is 349. The minimum Gasteiger partial charge on any atom is -0.383 e. The summed E-state index contributed by atoms with van der Waals surface area (Å²) in [5.74, 6) is 0. The van der Waals surface area contributed by atoms with Gasteiger partial charge in [-0.1, -0.05) is 6.07 Å². The van der Waals surface area contributed by atoms with Crippen LogP contribution in [-0.2, 0) is 17.8 Å². The fourth-order valence-corrected chi connectivity index (χ4v) is 2.10. The van der Waals surface area contributed by atoms with Crippen molar-refractivity contribution in [1.82, 2.24) is 15.2 Å². The molecule has 0 saturated heterocycles. The lowest BCUT2D eigenvalue weighted by Gasteiger charge is -2.21. The Hall–Kier alpha value is -0.970. The van der Waals surface area contributed by atoms with Gasteiger partial charge in [-0.15, -0.1) is 0 Å². The van der Waals surface area contributed by atoms with Crippen LogP contribution in [0.15, 0.2) is 18.3 Å². The van der Waals surface area contributed by atoms with Gasteiger partial charge in [0.25, 0.3) is 0 Å². The zero-order valence-corrected chi connectivity index (χ0v) is 11.4. The molecule has 0 bridgehead atoms. The molecular formula is C14H23N3O. The van der Waals surface area contributed by atoms with E-state index in [2.05, 4.69) is 27.3 Å². The molecule has 100 valence electrons. The minimum absolute atomic E-state index is 0.749. The van der Waals surface area contributed by atoms with Gasteiger partial charge in [-0.3, -0.25) is 9.88 Å². The number of hydrogen-bond acceptors (Lipinski definition) is 4. The third-order valence-corrected chi connectivity index (χ3v) is 3.28. The molecule has 0 spiro atoms. The van der Waals surface area contributed by atoms with Gasteiger partial charge in [0.1, 0.15) is 0 Å². The first-order chi connectivity index (χ1) is 8.83. The van der Waals surface area contributed by atoms with Crippen molar-refractivity contribution in [3.05, 3.63) is 29.6 Å². The third kappa shape index (κ3) is 4.05. The maximum Gasteiger partial charge on any atom is 0.0589 e. The summed E-state index contributed by atoms with van der Waals surface area (Å²) in [5.41, 5.74) is 2.38. The van der Waals surface area contributed by atoms with Crippen LogP contribution in [0.3, 0.4) is 0 Å². The topological polar surface area (TPSA) is 37.4 Å². The SMILES string of the molecule is CNCc1ccc(CN(CCOC)C2CC2)nc1. The first-order valence-electron chi connectivity index (χ1n) is 6.65.